The highest BCUT2D eigenvalue weighted by molar-refractivity contribution is 6.03. The molecule has 4 aromatic carbocycles. The first-order valence-electron chi connectivity index (χ1n) is 9.31. The Kier molecular flexibility index (Phi) is 3.61. The van der Waals surface area contributed by atoms with Gasteiger partial charge in [0.25, 0.3) is 0 Å². The Morgan fingerprint density at radius 3 is 2.48 bits per heavy atom. The van der Waals surface area contributed by atoms with Crippen molar-refractivity contribution in [2.75, 3.05) is 11.9 Å². The molecule has 3 nitrogen and oxygen atoms in total. The molecule has 0 radical (unpaired) electrons. The Bertz CT molecular complexity index is 1200. The maximum absolute atomic E-state index is 6.38. The zero-order valence-corrected chi connectivity index (χ0v) is 15.3. The quantitative estimate of drug-likeness (QED) is 0.400. The Hall–Kier alpha value is -3.33. The van der Waals surface area contributed by atoms with E-state index in [2.05, 4.69) is 72.8 Å². The molecule has 0 aromatic heterocycles. The summed E-state index contributed by atoms with van der Waals surface area (Å²) in [6.45, 7) is 0. The van der Waals surface area contributed by atoms with Gasteiger partial charge in [0.1, 0.15) is 0 Å². The van der Waals surface area contributed by atoms with Gasteiger partial charge in [-0.15, -0.1) is 0 Å². The van der Waals surface area contributed by atoms with Crippen LogP contribution >= 0.6 is 0 Å². The maximum atomic E-state index is 6.38. The van der Waals surface area contributed by atoms with Gasteiger partial charge in [0.05, 0.1) is 5.69 Å². The van der Waals surface area contributed by atoms with E-state index >= 15 is 0 Å². The molecule has 132 valence electrons. The van der Waals surface area contributed by atoms with Crippen LogP contribution in [-0.4, -0.2) is 13.0 Å². The summed E-state index contributed by atoms with van der Waals surface area (Å²) in [5.74, 6) is 0.490. The van der Waals surface area contributed by atoms with Crippen LogP contribution in [0.1, 0.15) is 11.1 Å². The summed E-state index contributed by atoms with van der Waals surface area (Å²) in [5, 5.41) is 4.97. The first-order valence-corrected chi connectivity index (χ1v) is 9.31. The van der Waals surface area contributed by atoms with Gasteiger partial charge in [-0.05, 0) is 58.3 Å². The zero-order chi connectivity index (χ0) is 18.4. The summed E-state index contributed by atoms with van der Waals surface area (Å²) in [6, 6.07) is 25.5. The van der Waals surface area contributed by atoms with Gasteiger partial charge in [-0.3, -0.25) is 0 Å². The van der Waals surface area contributed by atoms with Crippen molar-refractivity contribution in [3.05, 3.63) is 83.9 Å². The topological polar surface area (TPSA) is 41.6 Å². The highest BCUT2D eigenvalue weighted by Gasteiger charge is 2.16. The summed E-state index contributed by atoms with van der Waals surface area (Å²) >= 11 is 0. The van der Waals surface area contributed by atoms with E-state index in [1.54, 1.807) is 0 Å². The molecule has 3 heteroatoms. The first-order chi connectivity index (χ1) is 13.2. The van der Waals surface area contributed by atoms with E-state index < -0.39 is 0 Å². The summed E-state index contributed by atoms with van der Waals surface area (Å²) in [6.07, 6.45) is 2.23. The second-order valence-electron chi connectivity index (χ2n) is 7.14. The molecular formula is C24H21N3. The van der Waals surface area contributed by atoms with Crippen LogP contribution in [-0.2, 0) is 12.8 Å². The number of aliphatic imine (C=N–C) groups is 1. The summed E-state index contributed by atoms with van der Waals surface area (Å²) in [4.78, 5) is 6.71. The molecule has 2 N–H and O–H groups in total. The van der Waals surface area contributed by atoms with Gasteiger partial charge in [0, 0.05) is 18.1 Å². The van der Waals surface area contributed by atoms with E-state index in [1.807, 2.05) is 11.9 Å². The monoisotopic (exact) mass is 351 g/mol. The van der Waals surface area contributed by atoms with Crippen molar-refractivity contribution in [2.45, 2.75) is 12.8 Å². The van der Waals surface area contributed by atoms with Crippen molar-refractivity contribution in [2.24, 2.45) is 10.7 Å². The number of nitrogens with two attached hydrogens (primary N) is 1. The number of anilines is 1. The van der Waals surface area contributed by atoms with Crippen LogP contribution in [0.2, 0.25) is 0 Å². The van der Waals surface area contributed by atoms with E-state index in [0.717, 1.165) is 24.2 Å². The normalized spacial score (nSPS) is 13.4. The van der Waals surface area contributed by atoms with Crippen LogP contribution in [0.25, 0.3) is 21.5 Å². The molecule has 4 aromatic rings. The second-order valence-corrected chi connectivity index (χ2v) is 7.14. The SMILES string of the molecule is CN(C(N)=Nc1ccc2c3c(cccc13)CC2)c1ccc2ccccc2c1. The minimum Gasteiger partial charge on any atom is -0.369 e. The molecule has 0 saturated heterocycles. The van der Waals surface area contributed by atoms with Gasteiger partial charge in [-0.25, -0.2) is 4.99 Å². The molecule has 1 aliphatic rings. The average Bonchev–Trinajstić information content (AvgIpc) is 3.14. The van der Waals surface area contributed by atoms with Crippen LogP contribution in [0.5, 0.6) is 0 Å². The molecule has 1 aliphatic carbocycles. The van der Waals surface area contributed by atoms with Crippen LogP contribution in [0.15, 0.2) is 77.8 Å². The first kappa shape index (κ1) is 15.9. The number of hydrogen-bond donors (Lipinski definition) is 1. The molecule has 0 unspecified atom stereocenters. The molecule has 0 spiro atoms. The Morgan fingerprint density at radius 2 is 1.63 bits per heavy atom. The van der Waals surface area contributed by atoms with Crippen molar-refractivity contribution in [1.29, 1.82) is 0 Å². The fourth-order valence-corrected chi connectivity index (χ4v) is 4.04. The van der Waals surface area contributed by atoms with Gasteiger partial charge in [-0.1, -0.05) is 54.6 Å². The summed E-state index contributed by atoms with van der Waals surface area (Å²) in [7, 11) is 1.96. The van der Waals surface area contributed by atoms with Crippen molar-refractivity contribution < 1.29 is 0 Å². The van der Waals surface area contributed by atoms with E-state index in [4.69, 9.17) is 10.7 Å². The number of guanidine groups is 1. The number of aryl methyl sites for hydroxylation is 2. The highest BCUT2D eigenvalue weighted by Crippen LogP contribution is 2.36. The smallest absolute Gasteiger partial charge is 0.200 e. The largest absolute Gasteiger partial charge is 0.369 e. The van der Waals surface area contributed by atoms with Gasteiger partial charge >= 0.3 is 0 Å². The lowest BCUT2D eigenvalue weighted by atomic mass is 10.0. The Labute approximate surface area is 158 Å². The third-order valence-electron chi connectivity index (χ3n) is 5.55. The minimum atomic E-state index is 0.490. The van der Waals surface area contributed by atoms with Crippen LogP contribution in [0.3, 0.4) is 0 Å². The predicted molar refractivity (Wildman–Crippen MR) is 115 cm³/mol. The fraction of sp³-hybridized carbons (Fsp3) is 0.125. The number of hydrogen-bond acceptors (Lipinski definition) is 1. The Morgan fingerprint density at radius 1 is 0.852 bits per heavy atom. The molecular weight excluding hydrogens is 330 g/mol. The van der Waals surface area contributed by atoms with Crippen molar-refractivity contribution in [3.8, 4) is 0 Å². The lowest BCUT2D eigenvalue weighted by Gasteiger charge is -2.19. The maximum Gasteiger partial charge on any atom is 0.200 e. The highest BCUT2D eigenvalue weighted by atomic mass is 15.2. The van der Waals surface area contributed by atoms with E-state index in [1.165, 1.54) is 32.7 Å². The fourth-order valence-electron chi connectivity index (χ4n) is 4.04. The van der Waals surface area contributed by atoms with Crippen molar-refractivity contribution in [3.63, 3.8) is 0 Å². The molecule has 27 heavy (non-hydrogen) atoms. The van der Waals surface area contributed by atoms with Crippen LogP contribution in [0.4, 0.5) is 11.4 Å². The van der Waals surface area contributed by atoms with Gasteiger partial charge in [-0.2, -0.15) is 0 Å². The summed E-state index contributed by atoms with van der Waals surface area (Å²) < 4.78 is 0. The molecule has 0 fully saturated rings. The number of fused-ring (bicyclic) bond motifs is 1. The molecule has 0 atom stereocenters. The number of nitrogens with zero attached hydrogens (tertiary/aromatic N) is 2. The third kappa shape index (κ3) is 2.63. The number of benzene rings is 4. The molecule has 5 rings (SSSR count). The third-order valence-corrected chi connectivity index (χ3v) is 5.55. The van der Waals surface area contributed by atoms with Gasteiger partial charge in [0.15, 0.2) is 0 Å². The van der Waals surface area contributed by atoms with Crippen molar-refractivity contribution >= 4 is 38.9 Å². The van der Waals surface area contributed by atoms with E-state index in [9.17, 15) is 0 Å². The van der Waals surface area contributed by atoms with Crippen LogP contribution < -0.4 is 10.6 Å². The molecule has 0 amide bonds. The minimum absolute atomic E-state index is 0.490. The lowest BCUT2D eigenvalue weighted by molar-refractivity contribution is 1.02. The number of rotatable bonds is 2. The lowest BCUT2D eigenvalue weighted by Crippen LogP contribution is -2.33. The Balaban J connectivity index is 1.56. The van der Waals surface area contributed by atoms with Gasteiger partial charge < -0.3 is 10.6 Å². The summed E-state index contributed by atoms with van der Waals surface area (Å²) in [5.41, 5.74) is 11.2. The van der Waals surface area contributed by atoms with Crippen molar-refractivity contribution in [1.82, 2.24) is 0 Å². The predicted octanol–water partition coefficient (Wildman–Crippen LogP) is 5.17. The van der Waals surface area contributed by atoms with E-state index in [-0.39, 0.29) is 0 Å². The second kappa shape index (κ2) is 6.13. The molecule has 0 saturated carbocycles. The van der Waals surface area contributed by atoms with Gasteiger partial charge in [0.2, 0.25) is 5.96 Å². The zero-order valence-electron chi connectivity index (χ0n) is 15.3. The average molecular weight is 351 g/mol. The van der Waals surface area contributed by atoms with Crippen LogP contribution in [0, 0.1) is 0 Å². The molecule has 0 aliphatic heterocycles. The standard InChI is InChI=1S/C24H21N3/c1-27(20-13-11-16-5-2-3-6-19(16)15-20)24(25)26-22-14-12-18-10-9-17-7-4-8-21(22)23(17)18/h2-8,11-15H,9-10H2,1H3,(H2,25,26). The molecule has 0 bridgehead atoms. The molecule has 0 heterocycles. The van der Waals surface area contributed by atoms with E-state index in [0.29, 0.717) is 5.96 Å².